The van der Waals surface area contributed by atoms with Crippen LogP contribution in [0.5, 0.6) is 0 Å². The highest BCUT2D eigenvalue weighted by atomic mass is 19.1. The Labute approximate surface area is 106 Å². The highest BCUT2D eigenvalue weighted by Gasteiger charge is 2.13. The average molecular weight is 255 g/mol. The molecule has 0 aromatic heterocycles. The molecule has 0 radical (unpaired) electrons. The number of aliphatic hydroxyl groups is 1. The molecule has 0 aliphatic carbocycles. The SMILES string of the molecule is COCCN(CCO)C(=O)Cc1cccc(F)c1. The fourth-order valence-corrected chi connectivity index (χ4v) is 1.62. The highest BCUT2D eigenvalue weighted by Crippen LogP contribution is 2.06. The highest BCUT2D eigenvalue weighted by molar-refractivity contribution is 5.78. The number of ether oxygens (including phenoxy) is 1. The fraction of sp³-hybridized carbons (Fsp3) is 0.462. The van der Waals surface area contributed by atoms with E-state index >= 15 is 0 Å². The molecule has 0 heterocycles. The molecule has 0 unspecified atom stereocenters. The molecule has 5 heteroatoms. The first-order valence-electron chi connectivity index (χ1n) is 5.79. The second-order valence-corrected chi connectivity index (χ2v) is 3.90. The number of carbonyl (C=O) groups excluding carboxylic acids is 1. The molecule has 0 bridgehead atoms. The van der Waals surface area contributed by atoms with Gasteiger partial charge in [0.25, 0.3) is 0 Å². The van der Waals surface area contributed by atoms with Crippen LogP contribution in [0.3, 0.4) is 0 Å². The lowest BCUT2D eigenvalue weighted by atomic mass is 10.1. The molecule has 0 aliphatic rings. The standard InChI is InChI=1S/C13H18FNO3/c1-18-8-6-15(5-7-16)13(17)10-11-3-2-4-12(14)9-11/h2-4,9,16H,5-8,10H2,1H3. The van der Waals surface area contributed by atoms with Gasteiger partial charge in [0.1, 0.15) is 5.82 Å². The van der Waals surface area contributed by atoms with E-state index in [4.69, 9.17) is 9.84 Å². The number of aliphatic hydroxyl groups excluding tert-OH is 1. The first kappa shape index (κ1) is 14.6. The number of carbonyl (C=O) groups is 1. The Morgan fingerprint density at radius 2 is 2.22 bits per heavy atom. The van der Waals surface area contributed by atoms with Gasteiger partial charge in [-0.1, -0.05) is 12.1 Å². The van der Waals surface area contributed by atoms with Crippen LogP contribution in [0, 0.1) is 5.82 Å². The Hall–Kier alpha value is -1.46. The third-order valence-corrected chi connectivity index (χ3v) is 2.53. The van der Waals surface area contributed by atoms with Crippen molar-refractivity contribution in [3.63, 3.8) is 0 Å². The molecular weight excluding hydrogens is 237 g/mol. The number of methoxy groups -OCH3 is 1. The van der Waals surface area contributed by atoms with Gasteiger partial charge in [-0.3, -0.25) is 4.79 Å². The normalized spacial score (nSPS) is 10.4. The second-order valence-electron chi connectivity index (χ2n) is 3.90. The van der Waals surface area contributed by atoms with Crippen molar-refractivity contribution in [3.05, 3.63) is 35.6 Å². The molecule has 100 valence electrons. The summed E-state index contributed by atoms with van der Waals surface area (Å²) >= 11 is 0. The van der Waals surface area contributed by atoms with E-state index in [9.17, 15) is 9.18 Å². The van der Waals surface area contributed by atoms with Gasteiger partial charge < -0.3 is 14.7 Å². The molecule has 0 saturated carbocycles. The summed E-state index contributed by atoms with van der Waals surface area (Å²) in [6.07, 6.45) is 0.126. The van der Waals surface area contributed by atoms with Gasteiger partial charge in [0.05, 0.1) is 19.6 Å². The minimum Gasteiger partial charge on any atom is -0.395 e. The molecule has 1 aromatic rings. The molecule has 0 saturated heterocycles. The van der Waals surface area contributed by atoms with Crippen LogP contribution in [0.4, 0.5) is 4.39 Å². The molecule has 1 aromatic carbocycles. The number of amides is 1. The first-order chi connectivity index (χ1) is 8.67. The second kappa shape index (κ2) is 7.79. The summed E-state index contributed by atoms with van der Waals surface area (Å²) in [6, 6.07) is 5.95. The Morgan fingerprint density at radius 3 is 2.83 bits per heavy atom. The predicted molar refractivity (Wildman–Crippen MR) is 65.6 cm³/mol. The van der Waals surface area contributed by atoms with Crippen molar-refractivity contribution in [2.45, 2.75) is 6.42 Å². The largest absolute Gasteiger partial charge is 0.395 e. The van der Waals surface area contributed by atoms with Gasteiger partial charge >= 0.3 is 0 Å². The predicted octanol–water partition coefficient (Wildman–Crippen LogP) is 0.836. The summed E-state index contributed by atoms with van der Waals surface area (Å²) in [5, 5.41) is 8.90. The van der Waals surface area contributed by atoms with Gasteiger partial charge in [-0.25, -0.2) is 4.39 Å². The van der Waals surface area contributed by atoms with E-state index in [0.717, 1.165) is 0 Å². The third kappa shape index (κ3) is 4.81. The van der Waals surface area contributed by atoms with Crippen molar-refractivity contribution in [2.24, 2.45) is 0 Å². The maximum atomic E-state index is 13.0. The monoisotopic (exact) mass is 255 g/mol. The Kier molecular flexibility index (Phi) is 6.32. The minimum absolute atomic E-state index is 0.0986. The molecule has 1 amide bonds. The van der Waals surface area contributed by atoms with Gasteiger partial charge in [-0.15, -0.1) is 0 Å². The minimum atomic E-state index is -0.356. The van der Waals surface area contributed by atoms with Crippen molar-refractivity contribution in [1.82, 2.24) is 4.90 Å². The zero-order valence-corrected chi connectivity index (χ0v) is 10.4. The molecule has 0 atom stereocenters. The number of benzene rings is 1. The molecule has 0 aliphatic heterocycles. The first-order valence-corrected chi connectivity index (χ1v) is 5.79. The van der Waals surface area contributed by atoms with Crippen LogP contribution in [-0.2, 0) is 16.0 Å². The summed E-state index contributed by atoms with van der Waals surface area (Å²) in [5.41, 5.74) is 0.625. The van der Waals surface area contributed by atoms with Crippen molar-refractivity contribution in [3.8, 4) is 0 Å². The summed E-state index contributed by atoms with van der Waals surface area (Å²) in [7, 11) is 1.55. The van der Waals surface area contributed by atoms with Crippen LogP contribution in [-0.4, -0.2) is 49.3 Å². The van der Waals surface area contributed by atoms with E-state index in [1.807, 2.05) is 0 Å². The lowest BCUT2D eigenvalue weighted by molar-refractivity contribution is -0.131. The van der Waals surface area contributed by atoms with Crippen molar-refractivity contribution < 1.29 is 19.0 Å². The summed E-state index contributed by atoms with van der Waals surface area (Å²) in [4.78, 5) is 13.5. The summed E-state index contributed by atoms with van der Waals surface area (Å²) in [6.45, 7) is 0.996. The van der Waals surface area contributed by atoms with Crippen molar-refractivity contribution in [1.29, 1.82) is 0 Å². The number of rotatable bonds is 7. The van der Waals surface area contributed by atoms with Crippen LogP contribution in [0.1, 0.15) is 5.56 Å². The van der Waals surface area contributed by atoms with E-state index in [1.54, 1.807) is 19.2 Å². The molecular formula is C13H18FNO3. The zero-order valence-electron chi connectivity index (χ0n) is 10.4. The van der Waals surface area contributed by atoms with E-state index in [0.29, 0.717) is 18.7 Å². The molecule has 0 spiro atoms. The zero-order chi connectivity index (χ0) is 13.4. The Morgan fingerprint density at radius 1 is 1.44 bits per heavy atom. The molecule has 1 rings (SSSR count). The molecule has 1 N–H and O–H groups in total. The van der Waals surface area contributed by atoms with E-state index in [1.165, 1.54) is 17.0 Å². The third-order valence-electron chi connectivity index (χ3n) is 2.53. The number of hydrogen-bond donors (Lipinski definition) is 1. The van der Waals surface area contributed by atoms with Crippen LogP contribution < -0.4 is 0 Å². The number of nitrogens with zero attached hydrogens (tertiary/aromatic N) is 1. The van der Waals surface area contributed by atoms with E-state index in [2.05, 4.69) is 0 Å². The van der Waals surface area contributed by atoms with E-state index in [-0.39, 0.29) is 31.3 Å². The van der Waals surface area contributed by atoms with Crippen LogP contribution in [0.15, 0.2) is 24.3 Å². The maximum Gasteiger partial charge on any atom is 0.227 e. The topological polar surface area (TPSA) is 49.8 Å². The van der Waals surface area contributed by atoms with Gasteiger partial charge in [-0.2, -0.15) is 0 Å². The summed E-state index contributed by atoms with van der Waals surface area (Å²) < 4.78 is 17.9. The quantitative estimate of drug-likeness (QED) is 0.785. The lowest BCUT2D eigenvalue weighted by Crippen LogP contribution is -2.37. The Bertz CT molecular complexity index is 384. The van der Waals surface area contributed by atoms with Crippen molar-refractivity contribution >= 4 is 5.91 Å². The maximum absolute atomic E-state index is 13.0. The van der Waals surface area contributed by atoms with Crippen molar-refractivity contribution in [2.75, 3.05) is 33.4 Å². The smallest absolute Gasteiger partial charge is 0.227 e. The fourth-order valence-electron chi connectivity index (χ4n) is 1.62. The number of halogens is 1. The Balaban J connectivity index is 2.60. The van der Waals surface area contributed by atoms with Crippen LogP contribution in [0.2, 0.25) is 0 Å². The lowest BCUT2D eigenvalue weighted by Gasteiger charge is -2.21. The molecule has 4 nitrogen and oxygen atoms in total. The van der Waals surface area contributed by atoms with Crippen LogP contribution >= 0.6 is 0 Å². The molecule has 18 heavy (non-hydrogen) atoms. The average Bonchev–Trinajstić information content (AvgIpc) is 2.34. The van der Waals surface area contributed by atoms with Gasteiger partial charge in [0, 0.05) is 20.2 Å². The van der Waals surface area contributed by atoms with Crippen LogP contribution in [0.25, 0.3) is 0 Å². The van der Waals surface area contributed by atoms with E-state index < -0.39 is 0 Å². The van der Waals surface area contributed by atoms with Gasteiger partial charge in [-0.05, 0) is 17.7 Å². The van der Waals surface area contributed by atoms with Gasteiger partial charge in [0.15, 0.2) is 0 Å². The number of hydrogen-bond acceptors (Lipinski definition) is 3. The van der Waals surface area contributed by atoms with Gasteiger partial charge in [0.2, 0.25) is 5.91 Å². The molecule has 0 fully saturated rings. The summed E-state index contributed by atoms with van der Waals surface area (Å²) in [5.74, 6) is -0.502.